The van der Waals surface area contributed by atoms with E-state index < -0.39 is 10.0 Å². The van der Waals surface area contributed by atoms with Crippen LogP contribution in [0.5, 0.6) is 11.5 Å². The maximum Gasteiger partial charge on any atom is 0.254 e. The van der Waals surface area contributed by atoms with E-state index in [-0.39, 0.29) is 16.8 Å². The maximum absolute atomic E-state index is 13.4. The Morgan fingerprint density at radius 1 is 1.10 bits per heavy atom. The zero-order valence-corrected chi connectivity index (χ0v) is 18.2. The molecular formula is C22H26N2O5S. The van der Waals surface area contributed by atoms with E-state index in [9.17, 15) is 13.2 Å². The monoisotopic (exact) mass is 430 g/mol. The smallest absolute Gasteiger partial charge is 0.254 e. The van der Waals surface area contributed by atoms with Gasteiger partial charge in [0.1, 0.15) is 13.2 Å². The second kappa shape index (κ2) is 7.92. The summed E-state index contributed by atoms with van der Waals surface area (Å²) < 4.78 is 38.5. The van der Waals surface area contributed by atoms with Gasteiger partial charge in [0.05, 0.1) is 10.9 Å². The molecule has 1 N–H and O–H groups in total. The number of fused-ring (bicyclic) bond motifs is 1. The van der Waals surface area contributed by atoms with E-state index in [1.165, 1.54) is 13.1 Å². The molecule has 4 rings (SSSR count). The van der Waals surface area contributed by atoms with E-state index >= 15 is 0 Å². The number of ether oxygens (including phenoxy) is 2. The quantitative estimate of drug-likeness (QED) is 0.806. The van der Waals surface area contributed by atoms with Gasteiger partial charge in [0.2, 0.25) is 10.0 Å². The van der Waals surface area contributed by atoms with Crippen LogP contribution < -0.4 is 14.2 Å². The van der Waals surface area contributed by atoms with Gasteiger partial charge in [-0.2, -0.15) is 0 Å². The van der Waals surface area contributed by atoms with Gasteiger partial charge in [-0.3, -0.25) is 4.79 Å². The number of nitrogens with one attached hydrogen (secondary N) is 1. The molecule has 2 aliphatic rings. The lowest BCUT2D eigenvalue weighted by molar-refractivity contribution is 0.0734. The summed E-state index contributed by atoms with van der Waals surface area (Å²) in [5, 5.41) is 0. The number of nitrogens with zero attached hydrogens (tertiary/aromatic N) is 1. The highest BCUT2D eigenvalue weighted by molar-refractivity contribution is 7.89. The summed E-state index contributed by atoms with van der Waals surface area (Å²) >= 11 is 0. The van der Waals surface area contributed by atoms with Gasteiger partial charge in [-0.05, 0) is 74.7 Å². The molecule has 2 aromatic carbocycles. The van der Waals surface area contributed by atoms with Crippen LogP contribution in [0, 0.1) is 13.8 Å². The number of carbonyl (C=O) groups is 1. The minimum absolute atomic E-state index is 0.0840. The van der Waals surface area contributed by atoms with Gasteiger partial charge in [-0.15, -0.1) is 0 Å². The Bertz CT molecular complexity index is 1100. The number of hydrogen-bond acceptors (Lipinski definition) is 5. The fraction of sp³-hybridized carbons (Fsp3) is 0.409. The van der Waals surface area contributed by atoms with E-state index in [1.807, 2.05) is 30.0 Å². The number of hydrogen-bond donors (Lipinski definition) is 1. The van der Waals surface area contributed by atoms with Crippen molar-refractivity contribution >= 4 is 15.9 Å². The van der Waals surface area contributed by atoms with E-state index in [1.54, 1.807) is 13.0 Å². The molecule has 160 valence electrons. The molecular weight excluding hydrogens is 404 g/mol. The molecule has 0 saturated carbocycles. The summed E-state index contributed by atoms with van der Waals surface area (Å²) in [5.41, 5.74) is 2.80. The van der Waals surface area contributed by atoms with Gasteiger partial charge in [0, 0.05) is 12.1 Å². The van der Waals surface area contributed by atoms with Gasteiger partial charge in [0.15, 0.2) is 11.5 Å². The molecule has 0 unspecified atom stereocenters. The van der Waals surface area contributed by atoms with Crippen LogP contribution in [0.25, 0.3) is 0 Å². The minimum atomic E-state index is -3.66. The van der Waals surface area contributed by atoms with Crippen molar-refractivity contribution in [1.29, 1.82) is 0 Å². The van der Waals surface area contributed by atoms with Crippen LogP contribution in [0.4, 0.5) is 0 Å². The predicted octanol–water partition coefficient (Wildman–Crippen LogP) is 2.96. The lowest BCUT2D eigenvalue weighted by atomic mass is 10.0. The van der Waals surface area contributed by atoms with Gasteiger partial charge < -0.3 is 14.4 Å². The van der Waals surface area contributed by atoms with Crippen molar-refractivity contribution in [2.75, 3.05) is 26.8 Å². The summed E-state index contributed by atoms with van der Waals surface area (Å²) in [6.07, 6.45) is 1.73. The molecule has 0 spiro atoms. The Balaban J connectivity index is 1.68. The van der Waals surface area contributed by atoms with Gasteiger partial charge in [-0.1, -0.05) is 6.07 Å². The third-order valence-electron chi connectivity index (χ3n) is 5.89. The first kappa shape index (κ1) is 20.7. The molecule has 2 heterocycles. The average molecular weight is 431 g/mol. The highest BCUT2D eigenvalue weighted by atomic mass is 32.2. The van der Waals surface area contributed by atoms with Crippen LogP contribution in [-0.4, -0.2) is 46.0 Å². The van der Waals surface area contributed by atoms with E-state index in [0.29, 0.717) is 36.6 Å². The summed E-state index contributed by atoms with van der Waals surface area (Å²) in [6.45, 7) is 5.24. The zero-order valence-electron chi connectivity index (χ0n) is 17.4. The molecule has 2 aromatic rings. The van der Waals surface area contributed by atoms with Crippen molar-refractivity contribution < 1.29 is 22.7 Å². The predicted molar refractivity (Wildman–Crippen MR) is 113 cm³/mol. The fourth-order valence-corrected chi connectivity index (χ4v) is 5.20. The summed E-state index contributed by atoms with van der Waals surface area (Å²) in [5.74, 6) is 1.26. The largest absolute Gasteiger partial charge is 0.486 e. The topological polar surface area (TPSA) is 84.9 Å². The maximum atomic E-state index is 13.4. The summed E-state index contributed by atoms with van der Waals surface area (Å²) in [6, 6.07) is 8.97. The number of amides is 1. The van der Waals surface area contributed by atoms with E-state index in [4.69, 9.17) is 9.47 Å². The number of likely N-dealkylation sites (tertiary alicyclic amines) is 1. The van der Waals surface area contributed by atoms with Gasteiger partial charge in [-0.25, -0.2) is 13.1 Å². The van der Waals surface area contributed by atoms with Crippen molar-refractivity contribution in [1.82, 2.24) is 9.62 Å². The molecule has 1 fully saturated rings. The highest BCUT2D eigenvalue weighted by Gasteiger charge is 2.32. The average Bonchev–Trinajstić information content (AvgIpc) is 3.24. The number of aryl methyl sites for hydroxylation is 1. The third kappa shape index (κ3) is 3.65. The van der Waals surface area contributed by atoms with Crippen LogP contribution in [0.2, 0.25) is 0 Å². The number of sulfonamides is 1. The minimum Gasteiger partial charge on any atom is -0.486 e. The molecule has 0 aromatic heterocycles. The van der Waals surface area contributed by atoms with Crippen LogP contribution >= 0.6 is 0 Å². The summed E-state index contributed by atoms with van der Waals surface area (Å²) in [4.78, 5) is 15.4. The first-order valence-corrected chi connectivity index (χ1v) is 11.6. The molecule has 0 bridgehead atoms. The van der Waals surface area contributed by atoms with Gasteiger partial charge in [0.25, 0.3) is 5.91 Å². The van der Waals surface area contributed by atoms with Crippen molar-refractivity contribution in [3.8, 4) is 11.5 Å². The van der Waals surface area contributed by atoms with Crippen LogP contribution in [-0.2, 0) is 10.0 Å². The fourth-order valence-electron chi connectivity index (χ4n) is 4.13. The lowest BCUT2D eigenvalue weighted by Gasteiger charge is -2.27. The molecule has 1 saturated heterocycles. The Morgan fingerprint density at radius 3 is 2.57 bits per heavy atom. The summed E-state index contributed by atoms with van der Waals surface area (Å²) in [7, 11) is -2.29. The van der Waals surface area contributed by atoms with E-state index in [2.05, 4.69) is 4.72 Å². The highest BCUT2D eigenvalue weighted by Crippen LogP contribution is 2.39. The zero-order chi connectivity index (χ0) is 21.5. The molecule has 0 aliphatic carbocycles. The molecule has 0 radical (unpaired) electrons. The standard InChI is InChI=1S/C22H26N2O5S/c1-14-11-17(13-21(15(14)2)30(26,27)23-3)22(25)24-8-4-5-18(24)16-6-7-19-20(12-16)29-10-9-28-19/h6-7,11-13,18,23H,4-5,8-10H2,1-3H3/t18-/m1/s1. The molecule has 1 amide bonds. The first-order chi connectivity index (χ1) is 14.3. The third-order valence-corrected chi connectivity index (χ3v) is 7.43. The van der Waals surface area contributed by atoms with Crippen molar-refractivity contribution in [2.24, 2.45) is 0 Å². The Labute approximate surface area is 177 Å². The van der Waals surface area contributed by atoms with Gasteiger partial charge >= 0.3 is 0 Å². The lowest BCUT2D eigenvalue weighted by Crippen LogP contribution is -2.31. The Kier molecular flexibility index (Phi) is 5.46. The second-order valence-corrected chi connectivity index (χ2v) is 9.54. The van der Waals surface area contributed by atoms with Crippen LogP contribution in [0.1, 0.15) is 45.9 Å². The second-order valence-electron chi connectivity index (χ2n) is 7.68. The molecule has 30 heavy (non-hydrogen) atoms. The SMILES string of the molecule is CNS(=O)(=O)c1cc(C(=O)N2CCC[C@@H]2c2ccc3c(c2)OCCO3)cc(C)c1C. The normalized spacial score (nSPS) is 18.5. The number of rotatable bonds is 4. The molecule has 8 heteroatoms. The Hall–Kier alpha value is -2.58. The first-order valence-electron chi connectivity index (χ1n) is 10.1. The van der Waals surface area contributed by atoms with Crippen molar-refractivity contribution in [2.45, 2.75) is 37.6 Å². The molecule has 1 atom stereocenters. The number of carbonyl (C=O) groups excluding carboxylic acids is 1. The van der Waals surface area contributed by atoms with Crippen LogP contribution in [0.15, 0.2) is 35.2 Å². The van der Waals surface area contributed by atoms with E-state index in [0.717, 1.165) is 29.7 Å². The van der Waals surface area contributed by atoms with Crippen LogP contribution in [0.3, 0.4) is 0 Å². The molecule has 7 nitrogen and oxygen atoms in total. The Morgan fingerprint density at radius 2 is 1.83 bits per heavy atom. The molecule has 2 aliphatic heterocycles. The van der Waals surface area contributed by atoms with Crippen molar-refractivity contribution in [3.05, 3.63) is 52.6 Å². The van der Waals surface area contributed by atoms with Crippen molar-refractivity contribution in [3.63, 3.8) is 0 Å². The number of benzene rings is 2.